The summed E-state index contributed by atoms with van der Waals surface area (Å²) in [5.41, 5.74) is 0. The molecule has 0 bridgehead atoms. The number of rotatable bonds is 4. The number of nitrogens with zero attached hydrogens (tertiary/aromatic N) is 3. The molecular formula is C11H20N4S. The molecule has 1 fully saturated rings. The molecule has 90 valence electrons. The number of likely N-dealkylation sites (tertiary alicyclic amines) is 1. The Morgan fingerprint density at radius 3 is 2.81 bits per heavy atom. The van der Waals surface area contributed by atoms with Gasteiger partial charge in [-0.05, 0) is 52.2 Å². The Kier molecular flexibility index (Phi) is 4.12. The number of anilines is 1. The van der Waals surface area contributed by atoms with Gasteiger partial charge >= 0.3 is 0 Å². The predicted octanol–water partition coefficient (Wildman–Crippen LogP) is 1.99. The number of hydrogen-bond acceptors (Lipinski definition) is 5. The molecule has 1 aliphatic rings. The van der Waals surface area contributed by atoms with Crippen molar-refractivity contribution < 1.29 is 0 Å². The predicted molar refractivity (Wildman–Crippen MR) is 68.0 cm³/mol. The molecule has 16 heavy (non-hydrogen) atoms. The molecule has 1 saturated heterocycles. The highest BCUT2D eigenvalue weighted by Crippen LogP contribution is 2.19. The molecule has 0 saturated carbocycles. The first-order chi connectivity index (χ1) is 7.74. The quantitative estimate of drug-likeness (QED) is 0.874. The van der Waals surface area contributed by atoms with E-state index in [1.54, 1.807) is 0 Å². The highest BCUT2D eigenvalue weighted by Gasteiger charge is 2.16. The molecule has 0 atom stereocenters. The third-order valence-corrected chi connectivity index (χ3v) is 3.96. The van der Waals surface area contributed by atoms with Gasteiger partial charge in [-0.1, -0.05) is 0 Å². The summed E-state index contributed by atoms with van der Waals surface area (Å²) in [5, 5.41) is 4.32. The van der Waals surface area contributed by atoms with E-state index in [9.17, 15) is 0 Å². The lowest BCUT2D eigenvalue weighted by Gasteiger charge is -2.28. The fourth-order valence-corrected chi connectivity index (χ4v) is 2.70. The van der Waals surface area contributed by atoms with Gasteiger partial charge in [0.15, 0.2) is 0 Å². The van der Waals surface area contributed by atoms with Crippen LogP contribution in [0.4, 0.5) is 5.13 Å². The molecule has 2 heterocycles. The molecule has 1 aromatic rings. The minimum absolute atomic E-state index is 0.867. The summed E-state index contributed by atoms with van der Waals surface area (Å²) >= 11 is 1.46. The van der Waals surface area contributed by atoms with Gasteiger partial charge in [0.05, 0.1) is 0 Å². The van der Waals surface area contributed by atoms with Crippen LogP contribution in [0, 0.1) is 12.8 Å². The fourth-order valence-electron chi connectivity index (χ4n) is 2.10. The van der Waals surface area contributed by atoms with Crippen molar-refractivity contribution in [2.45, 2.75) is 26.2 Å². The zero-order chi connectivity index (χ0) is 11.4. The molecule has 4 nitrogen and oxygen atoms in total. The van der Waals surface area contributed by atoms with Crippen LogP contribution in [0.5, 0.6) is 0 Å². The van der Waals surface area contributed by atoms with Gasteiger partial charge in [-0.3, -0.25) is 0 Å². The monoisotopic (exact) mass is 240 g/mol. The van der Waals surface area contributed by atoms with E-state index in [1.165, 1.54) is 43.9 Å². The summed E-state index contributed by atoms with van der Waals surface area (Å²) in [7, 11) is 2.21. The Balaban J connectivity index is 1.64. The lowest BCUT2D eigenvalue weighted by molar-refractivity contribution is 0.215. The first-order valence-corrected chi connectivity index (χ1v) is 6.74. The van der Waals surface area contributed by atoms with Gasteiger partial charge in [0.25, 0.3) is 0 Å². The molecular weight excluding hydrogens is 220 g/mol. The first kappa shape index (κ1) is 11.8. The van der Waals surface area contributed by atoms with Crippen molar-refractivity contribution in [3.05, 3.63) is 5.82 Å². The zero-order valence-electron chi connectivity index (χ0n) is 10.1. The van der Waals surface area contributed by atoms with Gasteiger partial charge in [0.2, 0.25) is 5.13 Å². The van der Waals surface area contributed by atoms with Crippen LogP contribution in [0.1, 0.15) is 25.1 Å². The van der Waals surface area contributed by atoms with Crippen LogP contribution >= 0.6 is 11.5 Å². The second-order valence-electron chi connectivity index (χ2n) is 4.61. The molecule has 1 N–H and O–H groups in total. The molecule has 0 aromatic carbocycles. The molecule has 5 heteroatoms. The summed E-state index contributed by atoms with van der Waals surface area (Å²) in [4.78, 5) is 6.71. The maximum Gasteiger partial charge on any atom is 0.202 e. The van der Waals surface area contributed by atoms with E-state index < -0.39 is 0 Å². The summed E-state index contributed by atoms with van der Waals surface area (Å²) in [6, 6.07) is 0. The highest BCUT2D eigenvalue weighted by molar-refractivity contribution is 7.09. The smallest absolute Gasteiger partial charge is 0.202 e. The van der Waals surface area contributed by atoms with Gasteiger partial charge in [-0.2, -0.15) is 4.37 Å². The van der Waals surface area contributed by atoms with E-state index in [2.05, 4.69) is 26.6 Å². The van der Waals surface area contributed by atoms with Crippen molar-refractivity contribution in [1.82, 2.24) is 14.3 Å². The second kappa shape index (κ2) is 5.59. The highest BCUT2D eigenvalue weighted by atomic mass is 32.1. The molecule has 0 radical (unpaired) electrons. The normalized spacial score (nSPS) is 18.9. The van der Waals surface area contributed by atoms with Gasteiger partial charge in [-0.15, -0.1) is 0 Å². The molecule has 0 unspecified atom stereocenters. The maximum absolute atomic E-state index is 4.29. The van der Waals surface area contributed by atoms with E-state index in [0.29, 0.717) is 0 Å². The summed E-state index contributed by atoms with van der Waals surface area (Å²) in [5.74, 6) is 1.75. The van der Waals surface area contributed by atoms with Crippen LogP contribution in [-0.2, 0) is 0 Å². The van der Waals surface area contributed by atoms with E-state index in [1.807, 2.05) is 6.92 Å². The van der Waals surface area contributed by atoms with Crippen LogP contribution < -0.4 is 5.32 Å². The lowest BCUT2D eigenvalue weighted by atomic mass is 9.94. The van der Waals surface area contributed by atoms with Crippen LogP contribution in [0.15, 0.2) is 0 Å². The number of aryl methyl sites for hydroxylation is 1. The van der Waals surface area contributed by atoms with Crippen LogP contribution in [-0.4, -0.2) is 40.9 Å². The zero-order valence-corrected chi connectivity index (χ0v) is 10.9. The first-order valence-electron chi connectivity index (χ1n) is 5.97. The van der Waals surface area contributed by atoms with Crippen LogP contribution in [0.3, 0.4) is 0 Å². The van der Waals surface area contributed by atoms with E-state index in [0.717, 1.165) is 23.4 Å². The SMILES string of the molecule is Cc1nsc(NCCC2CCN(C)CC2)n1. The van der Waals surface area contributed by atoms with E-state index >= 15 is 0 Å². The summed E-state index contributed by atoms with van der Waals surface area (Å²) in [6.45, 7) is 5.47. The molecule has 0 spiro atoms. The minimum Gasteiger partial charge on any atom is -0.360 e. The summed E-state index contributed by atoms with van der Waals surface area (Å²) < 4.78 is 4.15. The van der Waals surface area contributed by atoms with Crippen molar-refractivity contribution >= 4 is 16.7 Å². The number of hydrogen-bond donors (Lipinski definition) is 1. The molecule has 1 aromatic heterocycles. The summed E-state index contributed by atoms with van der Waals surface area (Å²) in [6.07, 6.45) is 3.94. The topological polar surface area (TPSA) is 41.1 Å². The second-order valence-corrected chi connectivity index (χ2v) is 5.36. The number of piperidine rings is 1. The van der Waals surface area contributed by atoms with E-state index in [4.69, 9.17) is 0 Å². The Morgan fingerprint density at radius 1 is 1.44 bits per heavy atom. The van der Waals surface area contributed by atoms with Crippen molar-refractivity contribution in [2.24, 2.45) is 5.92 Å². The molecule has 2 rings (SSSR count). The number of aromatic nitrogens is 2. The Labute approximate surface area is 101 Å². The van der Waals surface area contributed by atoms with Crippen LogP contribution in [0.2, 0.25) is 0 Å². The van der Waals surface area contributed by atoms with Crippen molar-refractivity contribution in [3.63, 3.8) is 0 Å². The minimum atomic E-state index is 0.867. The van der Waals surface area contributed by atoms with Gasteiger partial charge in [-0.25, -0.2) is 4.98 Å². The standard InChI is InChI=1S/C11H20N4S/c1-9-13-11(16-14-9)12-6-3-10-4-7-15(2)8-5-10/h10H,3-8H2,1-2H3,(H,12,13,14). The molecule has 0 amide bonds. The van der Waals surface area contributed by atoms with Crippen molar-refractivity contribution in [2.75, 3.05) is 32.0 Å². The van der Waals surface area contributed by atoms with Gasteiger partial charge in [0.1, 0.15) is 5.82 Å². The molecule has 1 aliphatic heterocycles. The maximum atomic E-state index is 4.29. The largest absolute Gasteiger partial charge is 0.360 e. The Hall–Kier alpha value is -0.680. The van der Waals surface area contributed by atoms with E-state index in [-0.39, 0.29) is 0 Å². The van der Waals surface area contributed by atoms with Crippen molar-refractivity contribution in [3.8, 4) is 0 Å². The third kappa shape index (κ3) is 3.42. The van der Waals surface area contributed by atoms with Gasteiger partial charge in [0, 0.05) is 18.1 Å². The third-order valence-electron chi connectivity index (χ3n) is 3.19. The number of nitrogens with one attached hydrogen (secondary N) is 1. The Morgan fingerprint density at radius 2 is 2.19 bits per heavy atom. The average molecular weight is 240 g/mol. The lowest BCUT2D eigenvalue weighted by Crippen LogP contribution is -2.30. The fraction of sp³-hybridized carbons (Fsp3) is 0.818. The van der Waals surface area contributed by atoms with Gasteiger partial charge < -0.3 is 10.2 Å². The Bertz CT molecular complexity index is 318. The van der Waals surface area contributed by atoms with Crippen LogP contribution in [0.25, 0.3) is 0 Å². The van der Waals surface area contributed by atoms with Crippen molar-refractivity contribution in [1.29, 1.82) is 0 Å². The average Bonchev–Trinajstić information content (AvgIpc) is 2.67. The molecule has 0 aliphatic carbocycles.